The van der Waals surface area contributed by atoms with Crippen LogP contribution in [0.15, 0.2) is 23.3 Å². The van der Waals surface area contributed by atoms with Crippen LogP contribution in [0.2, 0.25) is 5.02 Å². The van der Waals surface area contributed by atoms with E-state index in [9.17, 15) is 4.79 Å². The van der Waals surface area contributed by atoms with E-state index in [1.165, 1.54) is 0 Å². The summed E-state index contributed by atoms with van der Waals surface area (Å²) in [7, 11) is 0. The number of carbonyl (C=O) groups is 1. The number of carbonyl (C=O) groups excluding carboxylic acids is 1. The van der Waals surface area contributed by atoms with Crippen LogP contribution in [-0.4, -0.2) is 19.0 Å². The van der Waals surface area contributed by atoms with E-state index in [1.54, 1.807) is 4.90 Å². The maximum atomic E-state index is 11.9. The molecule has 1 unspecified atom stereocenters. The second-order valence-corrected chi connectivity index (χ2v) is 4.77. The average molecular weight is 265 g/mol. The van der Waals surface area contributed by atoms with Gasteiger partial charge in [0.1, 0.15) is 0 Å². The molecule has 1 aliphatic rings. The largest absolute Gasteiger partial charge is 0.311 e. The number of anilines is 1. The molecule has 1 amide bonds. The van der Waals surface area contributed by atoms with Crippen LogP contribution in [0.4, 0.5) is 5.69 Å². The van der Waals surface area contributed by atoms with Crippen LogP contribution in [0, 0.1) is 12.8 Å². The monoisotopic (exact) mass is 264 g/mol. The fourth-order valence-corrected chi connectivity index (χ4v) is 2.36. The van der Waals surface area contributed by atoms with Crippen molar-refractivity contribution in [3.8, 4) is 0 Å². The predicted molar refractivity (Wildman–Crippen MR) is 70.7 cm³/mol. The van der Waals surface area contributed by atoms with Gasteiger partial charge in [-0.15, -0.1) is 0 Å². The van der Waals surface area contributed by atoms with Crippen molar-refractivity contribution in [3.05, 3.63) is 39.2 Å². The molecule has 0 bridgehead atoms. The van der Waals surface area contributed by atoms with E-state index < -0.39 is 0 Å². The van der Waals surface area contributed by atoms with Crippen LogP contribution >= 0.6 is 11.6 Å². The predicted octanol–water partition coefficient (Wildman–Crippen LogP) is 3.31. The number of nitrogens with zero attached hydrogens (tertiary/aromatic N) is 4. The fourth-order valence-electron chi connectivity index (χ4n) is 2.13. The first kappa shape index (κ1) is 12.7. The highest BCUT2D eigenvalue weighted by Gasteiger charge is 2.31. The molecule has 1 aromatic rings. The third-order valence-electron chi connectivity index (χ3n) is 3.07. The van der Waals surface area contributed by atoms with Crippen LogP contribution in [-0.2, 0) is 4.79 Å². The first-order chi connectivity index (χ1) is 8.63. The molecule has 1 atom stereocenters. The van der Waals surface area contributed by atoms with Crippen LogP contribution in [0.1, 0.15) is 12.0 Å². The molecular weight excluding hydrogens is 252 g/mol. The zero-order valence-corrected chi connectivity index (χ0v) is 10.8. The van der Waals surface area contributed by atoms with Gasteiger partial charge in [0.05, 0.1) is 10.7 Å². The van der Waals surface area contributed by atoms with E-state index >= 15 is 0 Å². The highest BCUT2D eigenvalue weighted by molar-refractivity contribution is 6.34. The minimum Gasteiger partial charge on any atom is -0.311 e. The van der Waals surface area contributed by atoms with Gasteiger partial charge in [-0.25, -0.2) is 0 Å². The number of rotatable bonds is 3. The van der Waals surface area contributed by atoms with Gasteiger partial charge in [-0.3, -0.25) is 4.79 Å². The Morgan fingerprint density at radius 3 is 3.11 bits per heavy atom. The summed E-state index contributed by atoms with van der Waals surface area (Å²) in [6.07, 6.45) is 0.406. The van der Waals surface area contributed by atoms with Gasteiger partial charge in [0.2, 0.25) is 5.91 Å². The maximum absolute atomic E-state index is 11.9. The third kappa shape index (κ3) is 2.42. The lowest BCUT2D eigenvalue weighted by atomic mass is 10.1. The number of amides is 1. The van der Waals surface area contributed by atoms with Crippen LogP contribution in [0.25, 0.3) is 10.4 Å². The van der Waals surface area contributed by atoms with Gasteiger partial charge in [-0.05, 0) is 30.0 Å². The van der Waals surface area contributed by atoms with E-state index in [1.807, 2.05) is 25.1 Å². The summed E-state index contributed by atoms with van der Waals surface area (Å²) >= 11 is 6.21. The Labute approximate surface area is 110 Å². The van der Waals surface area contributed by atoms with Crippen molar-refractivity contribution in [3.63, 3.8) is 0 Å². The Bertz CT molecular complexity index is 525. The van der Waals surface area contributed by atoms with Crippen molar-refractivity contribution in [1.82, 2.24) is 0 Å². The van der Waals surface area contributed by atoms with Gasteiger partial charge in [-0.2, -0.15) is 0 Å². The molecular formula is C12H13ClN4O. The average Bonchev–Trinajstić information content (AvgIpc) is 2.71. The number of halogens is 1. The highest BCUT2D eigenvalue weighted by atomic mass is 35.5. The Kier molecular flexibility index (Phi) is 3.75. The van der Waals surface area contributed by atoms with Crippen molar-refractivity contribution in [1.29, 1.82) is 0 Å². The number of benzene rings is 1. The van der Waals surface area contributed by atoms with Crippen molar-refractivity contribution < 1.29 is 4.79 Å². The summed E-state index contributed by atoms with van der Waals surface area (Å²) in [5.74, 6) is 0.102. The molecule has 2 rings (SSSR count). The number of azide groups is 1. The van der Waals surface area contributed by atoms with Gasteiger partial charge in [0.15, 0.2) is 0 Å². The summed E-state index contributed by atoms with van der Waals surface area (Å²) in [4.78, 5) is 16.3. The van der Waals surface area contributed by atoms with Crippen molar-refractivity contribution >= 4 is 23.2 Å². The molecule has 5 nitrogen and oxygen atoms in total. The number of hydrogen-bond donors (Lipinski definition) is 0. The molecule has 1 fully saturated rings. The molecule has 6 heteroatoms. The van der Waals surface area contributed by atoms with Crippen LogP contribution < -0.4 is 4.90 Å². The molecule has 1 aromatic carbocycles. The van der Waals surface area contributed by atoms with Gasteiger partial charge >= 0.3 is 0 Å². The molecule has 0 aromatic heterocycles. The lowest BCUT2D eigenvalue weighted by molar-refractivity contribution is -0.117. The molecule has 18 heavy (non-hydrogen) atoms. The minimum atomic E-state index is 0.0284. The summed E-state index contributed by atoms with van der Waals surface area (Å²) in [6, 6.07) is 5.62. The molecule has 0 radical (unpaired) electrons. The van der Waals surface area contributed by atoms with Crippen molar-refractivity contribution in [2.75, 3.05) is 18.0 Å². The van der Waals surface area contributed by atoms with Crippen molar-refractivity contribution in [2.45, 2.75) is 13.3 Å². The summed E-state index contributed by atoms with van der Waals surface area (Å²) < 4.78 is 0. The highest BCUT2D eigenvalue weighted by Crippen LogP contribution is 2.33. The van der Waals surface area contributed by atoms with E-state index in [4.69, 9.17) is 17.1 Å². The van der Waals surface area contributed by atoms with Gasteiger partial charge in [0, 0.05) is 24.4 Å². The maximum Gasteiger partial charge on any atom is 0.227 e. The standard InChI is InChI=1S/C12H13ClN4O/c1-8-3-2-4-10(12(8)13)17-7-9(5-11(17)18)6-15-16-14/h2-4,9H,5-7H2,1H3. The topological polar surface area (TPSA) is 69.1 Å². The van der Waals surface area contributed by atoms with E-state index in [0.717, 1.165) is 11.3 Å². The Morgan fingerprint density at radius 2 is 2.39 bits per heavy atom. The lowest BCUT2D eigenvalue weighted by Gasteiger charge is -2.18. The second-order valence-electron chi connectivity index (χ2n) is 4.40. The molecule has 94 valence electrons. The zero-order chi connectivity index (χ0) is 13.1. The van der Waals surface area contributed by atoms with Crippen LogP contribution in [0.3, 0.4) is 0 Å². The number of aryl methyl sites for hydroxylation is 1. The smallest absolute Gasteiger partial charge is 0.227 e. The molecule has 0 aliphatic carbocycles. The zero-order valence-electron chi connectivity index (χ0n) is 10.0. The van der Waals surface area contributed by atoms with Crippen molar-refractivity contribution in [2.24, 2.45) is 11.0 Å². The molecule has 0 saturated carbocycles. The third-order valence-corrected chi connectivity index (χ3v) is 3.56. The molecule has 1 aliphatic heterocycles. The Hall–Kier alpha value is -1.71. The van der Waals surface area contributed by atoms with E-state index in [2.05, 4.69) is 10.0 Å². The quantitative estimate of drug-likeness (QED) is 0.469. The Balaban J connectivity index is 2.21. The second kappa shape index (κ2) is 5.29. The Morgan fingerprint density at radius 1 is 1.61 bits per heavy atom. The SMILES string of the molecule is Cc1cccc(N2CC(CN=[N+]=[N-])CC2=O)c1Cl. The fraction of sp³-hybridized carbons (Fsp3) is 0.417. The van der Waals surface area contributed by atoms with Gasteiger partial charge < -0.3 is 4.90 Å². The first-order valence-corrected chi connectivity index (χ1v) is 6.07. The lowest BCUT2D eigenvalue weighted by Crippen LogP contribution is -2.25. The molecule has 1 saturated heterocycles. The molecule has 0 N–H and O–H groups in total. The summed E-state index contributed by atoms with van der Waals surface area (Å²) in [5, 5.41) is 4.13. The first-order valence-electron chi connectivity index (χ1n) is 5.70. The number of hydrogen-bond acceptors (Lipinski definition) is 2. The summed E-state index contributed by atoms with van der Waals surface area (Å²) in [6.45, 7) is 2.81. The summed E-state index contributed by atoms with van der Waals surface area (Å²) in [5.41, 5.74) is 9.98. The molecule has 0 spiro atoms. The van der Waals surface area contributed by atoms with E-state index in [0.29, 0.717) is 24.5 Å². The van der Waals surface area contributed by atoms with Gasteiger partial charge in [-0.1, -0.05) is 28.8 Å². The minimum absolute atomic E-state index is 0.0284. The normalized spacial score (nSPS) is 18.9. The van der Waals surface area contributed by atoms with Gasteiger partial charge in [0.25, 0.3) is 0 Å². The van der Waals surface area contributed by atoms with Crippen LogP contribution in [0.5, 0.6) is 0 Å². The van der Waals surface area contributed by atoms with E-state index in [-0.39, 0.29) is 11.8 Å². The molecule has 1 heterocycles.